The Morgan fingerprint density at radius 3 is 2.85 bits per heavy atom. The molecular formula is C15H19BrN2OS. The van der Waals surface area contributed by atoms with Crippen molar-refractivity contribution in [3.63, 3.8) is 0 Å². The van der Waals surface area contributed by atoms with Gasteiger partial charge in [-0.25, -0.2) is 4.98 Å². The lowest BCUT2D eigenvalue weighted by Crippen LogP contribution is -2.23. The van der Waals surface area contributed by atoms with Crippen LogP contribution in [0.15, 0.2) is 28.2 Å². The molecule has 20 heavy (non-hydrogen) atoms. The number of hydrogen-bond acceptors (Lipinski definition) is 4. The molecule has 1 unspecified atom stereocenters. The zero-order chi connectivity index (χ0) is 14.5. The summed E-state index contributed by atoms with van der Waals surface area (Å²) in [5.41, 5.74) is 4.26. The highest BCUT2D eigenvalue weighted by Gasteiger charge is 2.17. The minimum Gasteiger partial charge on any atom is -0.497 e. The molecule has 1 atom stereocenters. The Bertz CT molecular complexity index is 571. The van der Waals surface area contributed by atoms with Gasteiger partial charge in [-0.3, -0.25) is 0 Å². The average Bonchev–Trinajstić information content (AvgIpc) is 2.86. The summed E-state index contributed by atoms with van der Waals surface area (Å²) in [4.78, 5) is 5.67. The predicted octanol–water partition coefficient (Wildman–Crippen LogP) is 4.12. The first-order valence-electron chi connectivity index (χ1n) is 6.61. The highest BCUT2D eigenvalue weighted by molar-refractivity contribution is 9.10. The van der Waals surface area contributed by atoms with Crippen LogP contribution < -0.4 is 10.1 Å². The van der Waals surface area contributed by atoms with Gasteiger partial charge >= 0.3 is 0 Å². The van der Waals surface area contributed by atoms with E-state index in [9.17, 15) is 0 Å². The van der Waals surface area contributed by atoms with Gasteiger partial charge in [0.1, 0.15) is 5.75 Å². The number of thiazole rings is 1. The van der Waals surface area contributed by atoms with Crippen molar-refractivity contribution in [2.45, 2.75) is 26.3 Å². The summed E-state index contributed by atoms with van der Waals surface area (Å²) < 4.78 is 6.43. The maximum Gasteiger partial charge on any atom is 0.119 e. The summed E-state index contributed by atoms with van der Waals surface area (Å²) in [6, 6.07) is 6.38. The quantitative estimate of drug-likeness (QED) is 0.847. The van der Waals surface area contributed by atoms with Gasteiger partial charge in [0.15, 0.2) is 0 Å². The molecule has 0 saturated carbocycles. The lowest BCUT2D eigenvalue weighted by molar-refractivity contribution is 0.413. The second-order valence-electron chi connectivity index (χ2n) is 4.57. The third-order valence-corrected chi connectivity index (χ3v) is 5.04. The number of aromatic nitrogens is 1. The van der Waals surface area contributed by atoms with E-state index in [1.807, 2.05) is 17.6 Å². The van der Waals surface area contributed by atoms with Gasteiger partial charge < -0.3 is 10.1 Å². The molecule has 3 nitrogen and oxygen atoms in total. The summed E-state index contributed by atoms with van der Waals surface area (Å²) in [6.45, 7) is 5.13. The van der Waals surface area contributed by atoms with Crippen LogP contribution in [0, 0.1) is 6.92 Å². The molecule has 5 heteroatoms. The molecule has 0 aliphatic heterocycles. The van der Waals surface area contributed by atoms with Gasteiger partial charge in [0.2, 0.25) is 0 Å². The van der Waals surface area contributed by atoms with E-state index in [1.165, 1.54) is 10.4 Å². The van der Waals surface area contributed by atoms with Gasteiger partial charge in [-0.2, -0.15) is 0 Å². The minimum absolute atomic E-state index is 0.288. The largest absolute Gasteiger partial charge is 0.497 e. The highest BCUT2D eigenvalue weighted by atomic mass is 79.9. The van der Waals surface area contributed by atoms with Crippen LogP contribution in [-0.4, -0.2) is 18.6 Å². The second kappa shape index (κ2) is 7.20. The Kier molecular flexibility index (Phi) is 5.57. The van der Waals surface area contributed by atoms with Crippen molar-refractivity contribution in [2.24, 2.45) is 0 Å². The summed E-state index contributed by atoms with van der Waals surface area (Å²) >= 11 is 5.34. The highest BCUT2D eigenvalue weighted by Crippen LogP contribution is 2.30. The smallest absolute Gasteiger partial charge is 0.119 e. The molecule has 0 radical (unpaired) electrons. The minimum atomic E-state index is 0.288. The normalized spacial score (nSPS) is 12.4. The maximum absolute atomic E-state index is 5.31. The number of benzene rings is 1. The summed E-state index contributed by atoms with van der Waals surface area (Å²) in [6.07, 6.45) is 0.911. The van der Waals surface area contributed by atoms with Gasteiger partial charge in [0.05, 0.1) is 18.3 Å². The molecule has 2 aromatic rings. The van der Waals surface area contributed by atoms with E-state index in [-0.39, 0.29) is 6.04 Å². The van der Waals surface area contributed by atoms with E-state index in [2.05, 4.69) is 46.1 Å². The number of ether oxygens (including phenoxy) is 1. The molecule has 0 bridgehead atoms. The number of nitrogens with one attached hydrogen (secondary N) is 1. The lowest BCUT2D eigenvalue weighted by atomic mass is 10.0. The molecular weight excluding hydrogens is 336 g/mol. The summed E-state index contributed by atoms with van der Waals surface area (Å²) in [5.74, 6) is 0.888. The van der Waals surface area contributed by atoms with Crippen molar-refractivity contribution in [3.05, 3.63) is 44.3 Å². The molecule has 0 aliphatic carbocycles. The topological polar surface area (TPSA) is 34.1 Å². The Balaban J connectivity index is 2.26. The number of methoxy groups -OCH3 is 1. The molecule has 0 spiro atoms. The third kappa shape index (κ3) is 3.59. The Labute approximate surface area is 132 Å². The van der Waals surface area contributed by atoms with Crippen LogP contribution in [0.25, 0.3) is 0 Å². The first-order chi connectivity index (χ1) is 9.65. The van der Waals surface area contributed by atoms with E-state index >= 15 is 0 Å². The van der Waals surface area contributed by atoms with Crippen LogP contribution in [0.4, 0.5) is 0 Å². The fourth-order valence-electron chi connectivity index (χ4n) is 2.20. The van der Waals surface area contributed by atoms with E-state index in [0.717, 1.165) is 28.9 Å². The van der Waals surface area contributed by atoms with E-state index in [1.54, 1.807) is 18.4 Å². The molecule has 108 valence electrons. The van der Waals surface area contributed by atoms with Crippen LogP contribution in [0.3, 0.4) is 0 Å². The first-order valence-corrected chi connectivity index (χ1v) is 8.28. The molecule has 0 aliphatic rings. The van der Waals surface area contributed by atoms with Gasteiger partial charge in [0, 0.05) is 15.4 Å². The Hall–Kier alpha value is -0.910. The zero-order valence-electron chi connectivity index (χ0n) is 11.9. The van der Waals surface area contributed by atoms with Gasteiger partial charge in [-0.1, -0.05) is 22.9 Å². The molecule has 1 aromatic carbocycles. The molecule has 1 aromatic heterocycles. The molecule has 1 N–H and O–H groups in total. The van der Waals surface area contributed by atoms with Crippen molar-refractivity contribution in [3.8, 4) is 5.75 Å². The van der Waals surface area contributed by atoms with Crippen LogP contribution in [0.1, 0.15) is 29.1 Å². The predicted molar refractivity (Wildman–Crippen MR) is 87.7 cm³/mol. The average molecular weight is 355 g/mol. The summed E-state index contributed by atoms with van der Waals surface area (Å²) in [7, 11) is 1.70. The number of nitrogens with zero attached hydrogens (tertiary/aromatic N) is 1. The zero-order valence-corrected chi connectivity index (χ0v) is 14.3. The fourth-order valence-corrected chi connectivity index (χ4v) is 3.49. The molecule has 2 rings (SSSR count). The number of hydrogen-bond donors (Lipinski definition) is 1. The molecule has 1 heterocycles. The van der Waals surface area contributed by atoms with Crippen LogP contribution in [-0.2, 0) is 6.42 Å². The molecule has 0 saturated heterocycles. The van der Waals surface area contributed by atoms with Gasteiger partial charge in [-0.15, -0.1) is 11.3 Å². The fraction of sp³-hybridized carbons (Fsp3) is 0.400. The Morgan fingerprint density at radius 2 is 2.25 bits per heavy atom. The van der Waals surface area contributed by atoms with Crippen molar-refractivity contribution in [1.82, 2.24) is 10.3 Å². The first kappa shape index (κ1) is 15.5. The van der Waals surface area contributed by atoms with E-state index < -0.39 is 0 Å². The molecule has 0 amide bonds. The summed E-state index contributed by atoms with van der Waals surface area (Å²) in [5, 5.41) is 3.55. The Morgan fingerprint density at radius 1 is 1.45 bits per heavy atom. The van der Waals surface area contributed by atoms with Crippen molar-refractivity contribution in [2.75, 3.05) is 13.7 Å². The number of likely N-dealkylation sites (N-methyl/N-ethyl adjacent to an activating group) is 1. The maximum atomic E-state index is 5.31. The SMILES string of the molecule is CCNC(Cc1cc(OC)ccc1Br)c1scnc1C. The monoisotopic (exact) mass is 354 g/mol. The van der Waals surface area contributed by atoms with Gasteiger partial charge in [-0.05, 0) is 43.7 Å². The van der Waals surface area contributed by atoms with Crippen LogP contribution in [0.5, 0.6) is 5.75 Å². The number of halogens is 1. The standard InChI is InChI=1S/C15H19BrN2OS/c1-4-17-14(15-10(2)18-9-20-15)8-11-7-12(19-3)5-6-13(11)16/h5-7,9,14,17H,4,8H2,1-3H3. The number of rotatable bonds is 6. The van der Waals surface area contributed by atoms with Crippen LogP contribution in [0.2, 0.25) is 0 Å². The van der Waals surface area contributed by atoms with Gasteiger partial charge in [0.25, 0.3) is 0 Å². The van der Waals surface area contributed by atoms with Crippen LogP contribution >= 0.6 is 27.3 Å². The van der Waals surface area contributed by atoms with E-state index in [0.29, 0.717) is 0 Å². The van der Waals surface area contributed by atoms with Crippen molar-refractivity contribution >= 4 is 27.3 Å². The van der Waals surface area contributed by atoms with Crippen molar-refractivity contribution < 1.29 is 4.74 Å². The van der Waals surface area contributed by atoms with Crippen molar-refractivity contribution in [1.29, 1.82) is 0 Å². The third-order valence-electron chi connectivity index (χ3n) is 3.23. The molecule has 0 fully saturated rings. The second-order valence-corrected chi connectivity index (χ2v) is 6.31. The lowest BCUT2D eigenvalue weighted by Gasteiger charge is -2.18. The van der Waals surface area contributed by atoms with E-state index in [4.69, 9.17) is 4.74 Å². The number of aryl methyl sites for hydroxylation is 1.